The maximum absolute atomic E-state index is 9.01. The summed E-state index contributed by atoms with van der Waals surface area (Å²) in [6.07, 6.45) is 1.92. The maximum Gasteiger partial charge on any atom is 0.162 e. The molecule has 0 heterocycles. The predicted octanol–water partition coefficient (Wildman–Crippen LogP) is 6.46. The minimum absolute atomic E-state index is 0.0312. The number of hydrogen-bond donors (Lipinski definition) is 0. The second-order valence-electron chi connectivity index (χ2n) is 6.81. The molecule has 3 heteroatoms. The van der Waals surface area contributed by atoms with Gasteiger partial charge in [-0.3, -0.25) is 0 Å². The van der Waals surface area contributed by atoms with E-state index in [2.05, 4.69) is 38.1 Å². The fourth-order valence-electron chi connectivity index (χ4n) is 3.33. The van der Waals surface area contributed by atoms with Gasteiger partial charge < -0.3 is 9.47 Å². The zero-order valence-corrected chi connectivity index (χ0v) is 16.6. The Morgan fingerprint density at radius 1 is 0.929 bits per heavy atom. The number of hydrogen-bond acceptors (Lipinski definition) is 3. The predicted molar refractivity (Wildman–Crippen MR) is 113 cm³/mol. The van der Waals surface area contributed by atoms with Crippen molar-refractivity contribution in [2.75, 3.05) is 7.11 Å². The molecule has 0 aliphatic heterocycles. The van der Waals surface area contributed by atoms with Gasteiger partial charge in [0.1, 0.15) is 6.10 Å². The maximum atomic E-state index is 9.01. The molecule has 0 amide bonds. The molecule has 0 saturated carbocycles. The summed E-state index contributed by atoms with van der Waals surface area (Å²) in [5.41, 5.74) is 5.14. The molecule has 0 spiro atoms. The molecule has 3 rings (SSSR count). The zero-order valence-electron chi connectivity index (χ0n) is 16.6. The van der Waals surface area contributed by atoms with Crippen molar-refractivity contribution in [3.05, 3.63) is 83.4 Å². The lowest BCUT2D eigenvalue weighted by Crippen LogP contribution is -2.10. The van der Waals surface area contributed by atoms with Crippen LogP contribution in [0.5, 0.6) is 11.5 Å². The van der Waals surface area contributed by atoms with Crippen molar-refractivity contribution in [3.8, 4) is 28.7 Å². The van der Waals surface area contributed by atoms with E-state index >= 15 is 0 Å². The highest BCUT2D eigenvalue weighted by Crippen LogP contribution is 2.37. The van der Waals surface area contributed by atoms with Crippen molar-refractivity contribution in [1.29, 1.82) is 5.26 Å². The van der Waals surface area contributed by atoms with Crippen LogP contribution in [0.4, 0.5) is 0 Å². The average molecular weight is 371 g/mol. The SMILES string of the molecule is CCCC(Oc1cc(-c2ccc(C#N)cc2)ccc1OC)c1ccccc1C. The first-order valence-electron chi connectivity index (χ1n) is 9.57. The highest BCUT2D eigenvalue weighted by molar-refractivity contribution is 5.68. The summed E-state index contributed by atoms with van der Waals surface area (Å²) in [7, 11) is 1.66. The Hall–Kier alpha value is -3.25. The standard InChI is InChI=1S/C25H25NO2/c1-4-7-23(22-9-6-5-8-18(22)2)28-25-16-21(14-15-24(25)27-3)20-12-10-19(17-26)11-13-20/h5-6,8-16,23H,4,7H2,1-3H3. The molecule has 0 aromatic heterocycles. The minimum atomic E-state index is -0.0312. The van der Waals surface area contributed by atoms with Gasteiger partial charge in [0, 0.05) is 0 Å². The first-order chi connectivity index (χ1) is 13.7. The highest BCUT2D eigenvalue weighted by Gasteiger charge is 2.17. The van der Waals surface area contributed by atoms with Gasteiger partial charge in [0.15, 0.2) is 11.5 Å². The van der Waals surface area contributed by atoms with E-state index in [1.165, 1.54) is 11.1 Å². The molecule has 0 aliphatic rings. The van der Waals surface area contributed by atoms with Crippen LogP contribution < -0.4 is 9.47 Å². The van der Waals surface area contributed by atoms with E-state index in [9.17, 15) is 0 Å². The molecule has 0 aliphatic carbocycles. The van der Waals surface area contributed by atoms with Crippen LogP contribution in [-0.2, 0) is 0 Å². The normalized spacial score (nSPS) is 11.5. The molecule has 28 heavy (non-hydrogen) atoms. The Labute approximate surface area is 167 Å². The van der Waals surface area contributed by atoms with Crippen LogP contribution >= 0.6 is 0 Å². The summed E-state index contributed by atoms with van der Waals surface area (Å²) in [6.45, 7) is 4.28. The van der Waals surface area contributed by atoms with Gasteiger partial charge in [-0.05, 0) is 59.9 Å². The highest BCUT2D eigenvalue weighted by atomic mass is 16.5. The Morgan fingerprint density at radius 3 is 2.29 bits per heavy atom. The Balaban J connectivity index is 1.96. The summed E-state index contributed by atoms with van der Waals surface area (Å²) < 4.78 is 12.0. The van der Waals surface area contributed by atoms with Crippen LogP contribution in [0.25, 0.3) is 11.1 Å². The molecule has 0 fully saturated rings. The fourth-order valence-corrected chi connectivity index (χ4v) is 3.33. The second-order valence-corrected chi connectivity index (χ2v) is 6.81. The summed E-state index contributed by atoms with van der Waals surface area (Å²) >= 11 is 0. The van der Waals surface area contributed by atoms with E-state index in [1.807, 2.05) is 48.5 Å². The van der Waals surface area contributed by atoms with Crippen molar-refractivity contribution < 1.29 is 9.47 Å². The molecule has 3 nitrogen and oxygen atoms in total. The van der Waals surface area contributed by atoms with E-state index in [1.54, 1.807) is 7.11 Å². The largest absolute Gasteiger partial charge is 0.493 e. The Morgan fingerprint density at radius 2 is 1.64 bits per heavy atom. The van der Waals surface area contributed by atoms with Crippen LogP contribution in [-0.4, -0.2) is 7.11 Å². The van der Waals surface area contributed by atoms with Gasteiger partial charge in [-0.25, -0.2) is 0 Å². The van der Waals surface area contributed by atoms with Gasteiger partial charge in [-0.1, -0.05) is 55.8 Å². The zero-order chi connectivity index (χ0) is 19.9. The van der Waals surface area contributed by atoms with Gasteiger partial charge >= 0.3 is 0 Å². The van der Waals surface area contributed by atoms with E-state index in [0.717, 1.165) is 29.7 Å². The first kappa shape index (κ1) is 19.5. The van der Waals surface area contributed by atoms with Crippen LogP contribution in [0.15, 0.2) is 66.7 Å². The van der Waals surface area contributed by atoms with Crippen LogP contribution in [0.1, 0.15) is 42.6 Å². The Kier molecular flexibility index (Phi) is 6.34. The molecule has 3 aromatic rings. The molecule has 3 aromatic carbocycles. The second kappa shape index (κ2) is 9.10. The van der Waals surface area contributed by atoms with Crippen molar-refractivity contribution in [2.45, 2.75) is 32.8 Å². The topological polar surface area (TPSA) is 42.2 Å². The lowest BCUT2D eigenvalue weighted by Gasteiger charge is -2.22. The van der Waals surface area contributed by atoms with Gasteiger partial charge in [-0.2, -0.15) is 5.26 Å². The summed E-state index contributed by atoms with van der Waals surface area (Å²) in [5, 5.41) is 9.01. The van der Waals surface area contributed by atoms with Gasteiger partial charge in [0.2, 0.25) is 0 Å². The monoisotopic (exact) mass is 371 g/mol. The van der Waals surface area contributed by atoms with Crippen molar-refractivity contribution in [3.63, 3.8) is 0 Å². The number of benzene rings is 3. The summed E-state index contributed by atoms with van der Waals surface area (Å²) in [5.74, 6) is 1.44. The molecular weight excluding hydrogens is 346 g/mol. The van der Waals surface area contributed by atoms with E-state index in [0.29, 0.717) is 11.3 Å². The number of nitrogens with zero attached hydrogens (tertiary/aromatic N) is 1. The van der Waals surface area contributed by atoms with E-state index < -0.39 is 0 Å². The molecule has 0 N–H and O–H groups in total. The Bertz CT molecular complexity index is 971. The molecular formula is C25H25NO2. The molecule has 0 radical (unpaired) electrons. The van der Waals surface area contributed by atoms with E-state index in [4.69, 9.17) is 14.7 Å². The molecule has 1 unspecified atom stereocenters. The third-order valence-corrected chi connectivity index (χ3v) is 4.87. The third-order valence-electron chi connectivity index (χ3n) is 4.87. The fraction of sp³-hybridized carbons (Fsp3) is 0.240. The number of aryl methyl sites for hydroxylation is 1. The van der Waals surface area contributed by atoms with Crippen molar-refractivity contribution >= 4 is 0 Å². The van der Waals surface area contributed by atoms with Crippen molar-refractivity contribution in [1.82, 2.24) is 0 Å². The van der Waals surface area contributed by atoms with Gasteiger partial charge in [0.25, 0.3) is 0 Å². The van der Waals surface area contributed by atoms with Crippen LogP contribution in [0, 0.1) is 18.3 Å². The quantitative estimate of drug-likeness (QED) is 0.478. The van der Waals surface area contributed by atoms with Crippen LogP contribution in [0.2, 0.25) is 0 Å². The van der Waals surface area contributed by atoms with Crippen molar-refractivity contribution in [2.24, 2.45) is 0 Å². The smallest absolute Gasteiger partial charge is 0.162 e. The van der Waals surface area contributed by atoms with Crippen LogP contribution in [0.3, 0.4) is 0 Å². The lowest BCUT2D eigenvalue weighted by atomic mass is 9.99. The number of nitriles is 1. The van der Waals surface area contributed by atoms with E-state index in [-0.39, 0.29) is 6.10 Å². The number of methoxy groups -OCH3 is 1. The lowest BCUT2D eigenvalue weighted by molar-refractivity contribution is 0.185. The average Bonchev–Trinajstić information content (AvgIpc) is 2.74. The molecule has 0 bridgehead atoms. The molecule has 0 saturated heterocycles. The third kappa shape index (κ3) is 4.35. The number of ether oxygens (including phenoxy) is 2. The first-order valence-corrected chi connectivity index (χ1v) is 9.57. The minimum Gasteiger partial charge on any atom is -0.493 e. The van der Waals surface area contributed by atoms with Gasteiger partial charge in [0.05, 0.1) is 18.7 Å². The summed E-state index contributed by atoms with van der Waals surface area (Å²) in [6, 6.07) is 24.0. The molecule has 1 atom stereocenters. The van der Waals surface area contributed by atoms with Gasteiger partial charge in [-0.15, -0.1) is 0 Å². The summed E-state index contributed by atoms with van der Waals surface area (Å²) in [4.78, 5) is 0. The number of rotatable bonds is 7. The molecule has 142 valence electrons.